The molecule has 1 heterocycles. The third-order valence-corrected chi connectivity index (χ3v) is 2.76. The first-order valence-electron chi connectivity index (χ1n) is 6.02. The van der Waals surface area contributed by atoms with Gasteiger partial charge in [0.15, 0.2) is 0 Å². The van der Waals surface area contributed by atoms with Gasteiger partial charge in [-0.2, -0.15) is 0 Å². The maximum Gasteiger partial charge on any atom is 0.218 e. The fourth-order valence-electron chi connectivity index (χ4n) is 1.75. The minimum Gasteiger partial charge on any atom is -0.475 e. The molecule has 1 aliphatic rings. The minimum atomic E-state index is 0.125. The SMILES string of the molecule is CC(C)Oc1cc(N(CCCl)C2CC2)ncn1. The number of ether oxygens (including phenoxy) is 1. The quantitative estimate of drug-likeness (QED) is 0.732. The highest BCUT2D eigenvalue weighted by atomic mass is 35.5. The Bertz CT molecular complexity index is 369. The molecule has 0 atom stereocenters. The molecule has 17 heavy (non-hydrogen) atoms. The molecule has 0 aliphatic heterocycles. The molecule has 5 heteroatoms. The van der Waals surface area contributed by atoms with Gasteiger partial charge in [-0.25, -0.2) is 9.97 Å². The van der Waals surface area contributed by atoms with Crippen molar-refractivity contribution in [2.24, 2.45) is 0 Å². The smallest absolute Gasteiger partial charge is 0.218 e. The lowest BCUT2D eigenvalue weighted by molar-refractivity contribution is 0.232. The van der Waals surface area contributed by atoms with Gasteiger partial charge in [0.05, 0.1) is 6.10 Å². The molecule has 0 bridgehead atoms. The Labute approximate surface area is 107 Å². The second-order valence-electron chi connectivity index (χ2n) is 4.49. The summed E-state index contributed by atoms with van der Waals surface area (Å²) in [5.74, 6) is 2.16. The number of halogens is 1. The van der Waals surface area contributed by atoms with E-state index in [9.17, 15) is 0 Å². The van der Waals surface area contributed by atoms with Crippen LogP contribution in [0.4, 0.5) is 5.82 Å². The van der Waals surface area contributed by atoms with Gasteiger partial charge in [-0.1, -0.05) is 0 Å². The number of anilines is 1. The van der Waals surface area contributed by atoms with Crippen LogP contribution in [-0.4, -0.2) is 34.5 Å². The predicted molar refractivity (Wildman–Crippen MR) is 68.9 cm³/mol. The molecule has 1 fully saturated rings. The van der Waals surface area contributed by atoms with Crippen molar-refractivity contribution < 1.29 is 4.74 Å². The van der Waals surface area contributed by atoms with Crippen molar-refractivity contribution >= 4 is 17.4 Å². The Kier molecular flexibility index (Phi) is 4.05. The molecular formula is C12H18ClN3O. The second kappa shape index (κ2) is 5.54. The Balaban J connectivity index is 2.12. The van der Waals surface area contributed by atoms with E-state index in [1.807, 2.05) is 19.9 Å². The van der Waals surface area contributed by atoms with E-state index < -0.39 is 0 Å². The van der Waals surface area contributed by atoms with Crippen LogP contribution in [0.2, 0.25) is 0 Å². The molecule has 0 radical (unpaired) electrons. The Hall–Kier alpha value is -1.03. The molecule has 0 saturated heterocycles. The van der Waals surface area contributed by atoms with Crippen LogP contribution in [0.3, 0.4) is 0 Å². The van der Waals surface area contributed by atoms with Crippen LogP contribution in [0, 0.1) is 0 Å². The summed E-state index contributed by atoms with van der Waals surface area (Å²) in [5.41, 5.74) is 0. The number of alkyl halides is 1. The van der Waals surface area contributed by atoms with Crippen molar-refractivity contribution in [1.29, 1.82) is 0 Å². The van der Waals surface area contributed by atoms with E-state index >= 15 is 0 Å². The van der Waals surface area contributed by atoms with Crippen molar-refractivity contribution in [3.8, 4) is 5.88 Å². The summed E-state index contributed by atoms with van der Waals surface area (Å²) in [5, 5.41) is 0. The Morgan fingerprint density at radius 3 is 2.82 bits per heavy atom. The maximum atomic E-state index is 5.83. The predicted octanol–water partition coefficient (Wildman–Crippen LogP) is 2.47. The molecule has 0 unspecified atom stereocenters. The number of hydrogen-bond donors (Lipinski definition) is 0. The van der Waals surface area contributed by atoms with E-state index in [0.29, 0.717) is 17.8 Å². The summed E-state index contributed by atoms with van der Waals surface area (Å²) in [6.45, 7) is 4.79. The first-order valence-corrected chi connectivity index (χ1v) is 6.55. The molecule has 94 valence electrons. The number of aromatic nitrogens is 2. The normalized spacial score (nSPS) is 15.1. The summed E-state index contributed by atoms with van der Waals surface area (Å²) in [4.78, 5) is 10.6. The van der Waals surface area contributed by atoms with Crippen molar-refractivity contribution in [3.05, 3.63) is 12.4 Å². The molecular weight excluding hydrogens is 238 g/mol. The zero-order valence-corrected chi connectivity index (χ0v) is 11.0. The number of hydrogen-bond acceptors (Lipinski definition) is 4. The van der Waals surface area contributed by atoms with Gasteiger partial charge in [0, 0.05) is 24.5 Å². The summed E-state index contributed by atoms with van der Waals surface area (Å²) in [6, 6.07) is 2.49. The fraction of sp³-hybridized carbons (Fsp3) is 0.667. The highest BCUT2D eigenvalue weighted by Crippen LogP contribution is 2.31. The molecule has 1 aromatic rings. The van der Waals surface area contributed by atoms with Crippen molar-refractivity contribution in [3.63, 3.8) is 0 Å². The van der Waals surface area contributed by atoms with Crippen molar-refractivity contribution in [2.45, 2.75) is 38.8 Å². The monoisotopic (exact) mass is 255 g/mol. The summed E-state index contributed by atoms with van der Waals surface area (Å²) in [6.07, 6.45) is 4.12. The van der Waals surface area contributed by atoms with Crippen LogP contribution in [0.25, 0.3) is 0 Å². The van der Waals surface area contributed by atoms with Crippen LogP contribution in [0.15, 0.2) is 12.4 Å². The molecule has 1 aromatic heterocycles. The fourth-order valence-corrected chi connectivity index (χ4v) is 1.94. The van der Waals surface area contributed by atoms with Crippen LogP contribution in [-0.2, 0) is 0 Å². The molecule has 0 N–H and O–H groups in total. The van der Waals surface area contributed by atoms with E-state index in [1.54, 1.807) is 6.33 Å². The molecule has 4 nitrogen and oxygen atoms in total. The second-order valence-corrected chi connectivity index (χ2v) is 4.87. The standard InChI is InChI=1S/C12H18ClN3O/c1-9(2)17-12-7-11(14-8-15-12)16(6-5-13)10-3-4-10/h7-10H,3-6H2,1-2H3. The lowest BCUT2D eigenvalue weighted by Crippen LogP contribution is -2.28. The minimum absolute atomic E-state index is 0.125. The van der Waals surface area contributed by atoms with Crippen LogP contribution < -0.4 is 9.64 Å². The van der Waals surface area contributed by atoms with Gasteiger partial charge in [-0.15, -0.1) is 11.6 Å². The Morgan fingerprint density at radius 2 is 2.24 bits per heavy atom. The van der Waals surface area contributed by atoms with E-state index in [2.05, 4.69) is 14.9 Å². The molecule has 1 saturated carbocycles. The van der Waals surface area contributed by atoms with Crippen LogP contribution >= 0.6 is 11.6 Å². The number of nitrogens with zero attached hydrogens (tertiary/aromatic N) is 3. The molecule has 0 spiro atoms. The number of rotatable bonds is 6. The zero-order valence-electron chi connectivity index (χ0n) is 10.3. The van der Waals surface area contributed by atoms with Gasteiger partial charge in [0.1, 0.15) is 12.1 Å². The van der Waals surface area contributed by atoms with E-state index in [-0.39, 0.29) is 6.10 Å². The first-order chi connectivity index (χ1) is 8.20. The summed E-state index contributed by atoms with van der Waals surface area (Å²) >= 11 is 5.83. The summed E-state index contributed by atoms with van der Waals surface area (Å²) < 4.78 is 5.57. The summed E-state index contributed by atoms with van der Waals surface area (Å²) in [7, 11) is 0. The largest absolute Gasteiger partial charge is 0.475 e. The van der Waals surface area contributed by atoms with Crippen molar-refractivity contribution in [2.75, 3.05) is 17.3 Å². The average Bonchev–Trinajstić information content (AvgIpc) is 3.09. The van der Waals surface area contributed by atoms with Crippen molar-refractivity contribution in [1.82, 2.24) is 9.97 Å². The molecule has 0 amide bonds. The van der Waals surface area contributed by atoms with E-state index in [1.165, 1.54) is 12.8 Å². The lowest BCUT2D eigenvalue weighted by Gasteiger charge is -2.22. The zero-order chi connectivity index (χ0) is 12.3. The highest BCUT2D eigenvalue weighted by Gasteiger charge is 2.29. The van der Waals surface area contributed by atoms with Crippen LogP contribution in [0.5, 0.6) is 5.88 Å². The average molecular weight is 256 g/mol. The molecule has 0 aromatic carbocycles. The Morgan fingerprint density at radius 1 is 1.47 bits per heavy atom. The van der Waals surface area contributed by atoms with Gasteiger partial charge in [-0.3, -0.25) is 0 Å². The van der Waals surface area contributed by atoms with Gasteiger partial charge >= 0.3 is 0 Å². The van der Waals surface area contributed by atoms with Gasteiger partial charge in [0.25, 0.3) is 0 Å². The lowest BCUT2D eigenvalue weighted by atomic mass is 10.4. The highest BCUT2D eigenvalue weighted by molar-refractivity contribution is 6.18. The third kappa shape index (κ3) is 3.46. The topological polar surface area (TPSA) is 38.2 Å². The van der Waals surface area contributed by atoms with Gasteiger partial charge in [0.2, 0.25) is 5.88 Å². The van der Waals surface area contributed by atoms with Gasteiger partial charge in [-0.05, 0) is 26.7 Å². The van der Waals surface area contributed by atoms with Crippen LogP contribution in [0.1, 0.15) is 26.7 Å². The van der Waals surface area contributed by atoms with Gasteiger partial charge < -0.3 is 9.64 Å². The van der Waals surface area contributed by atoms with E-state index in [0.717, 1.165) is 12.4 Å². The molecule has 2 rings (SSSR count). The molecule has 1 aliphatic carbocycles. The first kappa shape index (κ1) is 12.4. The maximum absolute atomic E-state index is 5.83. The van der Waals surface area contributed by atoms with E-state index in [4.69, 9.17) is 16.3 Å². The third-order valence-electron chi connectivity index (χ3n) is 2.59.